The van der Waals surface area contributed by atoms with Gasteiger partial charge in [-0.05, 0) is 29.7 Å². The van der Waals surface area contributed by atoms with E-state index in [2.05, 4.69) is 22.3 Å². The van der Waals surface area contributed by atoms with Gasteiger partial charge in [0.2, 0.25) is 10.0 Å². The number of nitrogens with one attached hydrogen (secondary N) is 1. The Hall–Kier alpha value is -2.30. The van der Waals surface area contributed by atoms with Crippen molar-refractivity contribution >= 4 is 16.3 Å². The fourth-order valence-corrected chi connectivity index (χ4v) is 4.03. The van der Waals surface area contributed by atoms with Crippen molar-refractivity contribution in [3.05, 3.63) is 59.7 Å². The first-order valence-electron chi connectivity index (χ1n) is 9.78. The second-order valence-corrected chi connectivity index (χ2v) is 8.94. The van der Waals surface area contributed by atoms with Gasteiger partial charge in [0.05, 0.1) is 11.0 Å². The largest absolute Gasteiger partial charge is 0.482 e. The van der Waals surface area contributed by atoms with Crippen LogP contribution in [0.2, 0.25) is 0 Å². The van der Waals surface area contributed by atoms with Gasteiger partial charge in [-0.2, -0.15) is 0 Å². The Morgan fingerprint density at radius 1 is 1.17 bits per heavy atom. The molecule has 0 spiro atoms. The third-order valence-electron chi connectivity index (χ3n) is 4.98. The summed E-state index contributed by atoms with van der Waals surface area (Å²) in [5.41, 5.74) is 2.65. The summed E-state index contributed by atoms with van der Waals surface area (Å²) < 4.78 is 28.4. The molecular weight excluding hydrogens is 406 g/mol. The van der Waals surface area contributed by atoms with E-state index in [-0.39, 0.29) is 17.2 Å². The molecule has 0 saturated carbocycles. The molecule has 2 aromatic rings. The van der Waals surface area contributed by atoms with E-state index >= 15 is 0 Å². The smallest absolute Gasteiger partial charge is 0.238 e. The van der Waals surface area contributed by atoms with Gasteiger partial charge >= 0.3 is 0 Å². The first kappa shape index (κ1) is 22.4. The van der Waals surface area contributed by atoms with Crippen LogP contribution in [0.5, 0.6) is 5.75 Å². The Bertz CT molecular complexity index is 967. The van der Waals surface area contributed by atoms with Crippen LogP contribution >= 0.6 is 0 Å². The molecule has 30 heavy (non-hydrogen) atoms. The van der Waals surface area contributed by atoms with Gasteiger partial charge in [0.25, 0.3) is 0 Å². The topological polar surface area (TPSA) is 122 Å². The van der Waals surface area contributed by atoms with Gasteiger partial charge in [0.15, 0.2) is 12.4 Å². The van der Waals surface area contributed by atoms with Crippen LogP contribution in [0.4, 0.5) is 0 Å². The summed E-state index contributed by atoms with van der Waals surface area (Å²) in [6.45, 7) is 2.73. The lowest BCUT2D eigenvalue weighted by Crippen LogP contribution is -2.43. The number of hydrogen-bond acceptors (Lipinski definition) is 7. The maximum Gasteiger partial charge on any atom is 0.238 e. The van der Waals surface area contributed by atoms with Gasteiger partial charge in [-0.15, -0.1) is 0 Å². The van der Waals surface area contributed by atoms with E-state index in [1.807, 2.05) is 12.1 Å². The predicted molar refractivity (Wildman–Crippen MR) is 113 cm³/mol. The molecule has 0 amide bonds. The fourth-order valence-electron chi connectivity index (χ4n) is 3.48. The van der Waals surface area contributed by atoms with Crippen molar-refractivity contribution in [3.8, 4) is 5.75 Å². The van der Waals surface area contributed by atoms with Crippen molar-refractivity contribution in [2.24, 2.45) is 5.14 Å². The van der Waals surface area contributed by atoms with Crippen molar-refractivity contribution in [2.75, 3.05) is 26.2 Å². The molecule has 8 nitrogen and oxygen atoms in total. The molecule has 4 N–H and O–H groups in total. The van der Waals surface area contributed by atoms with Gasteiger partial charge in [-0.3, -0.25) is 9.69 Å². The number of fused-ring (bicyclic) bond motifs is 1. The molecule has 3 rings (SSSR count). The normalized spacial score (nSPS) is 16.5. The molecule has 2 aromatic carbocycles. The lowest BCUT2D eigenvalue weighted by atomic mass is 10.00. The first-order chi connectivity index (χ1) is 14.3. The van der Waals surface area contributed by atoms with E-state index in [1.165, 1.54) is 29.3 Å². The summed E-state index contributed by atoms with van der Waals surface area (Å²) in [6.07, 6.45) is 0.183. The van der Waals surface area contributed by atoms with Gasteiger partial charge < -0.3 is 15.2 Å². The predicted octanol–water partition coefficient (Wildman–Crippen LogP) is 0.289. The maximum absolute atomic E-state index is 11.4. The second-order valence-electron chi connectivity index (χ2n) is 7.38. The van der Waals surface area contributed by atoms with E-state index < -0.39 is 22.2 Å². The number of aldehydes is 1. The van der Waals surface area contributed by atoms with Crippen LogP contribution in [0.25, 0.3) is 0 Å². The van der Waals surface area contributed by atoms with E-state index in [4.69, 9.17) is 9.88 Å². The maximum atomic E-state index is 11.4. The molecule has 1 heterocycles. The summed E-state index contributed by atoms with van der Waals surface area (Å²) >= 11 is 0. The number of primary sulfonamides is 1. The van der Waals surface area contributed by atoms with E-state index in [0.717, 1.165) is 19.5 Å². The van der Waals surface area contributed by atoms with Gasteiger partial charge in [0.1, 0.15) is 5.75 Å². The Kier molecular flexibility index (Phi) is 7.57. The van der Waals surface area contributed by atoms with Gasteiger partial charge in [-0.1, -0.05) is 30.3 Å². The highest BCUT2D eigenvalue weighted by molar-refractivity contribution is 7.89. The number of carbonyl (C=O) groups is 1. The molecule has 2 atom stereocenters. The van der Waals surface area contributed by atoms with Gasteiger partial charge in [-0.25, -0.2) is 13.6 Å². The Labute approximate surface area is 176 Å². The Morgan fingerprint density at radius 2 is 1.93 bits per heavy atom. The Balaban J connectivity index is 1.44. The Morgan fingerprint density at radius 3 is 2.67 bits per heavy atom. The van der Waals surface area contributed by atoms with Crippen LogP contribution < -0.4 is 15.2 Å². The minimum Gasteiger partial charge on any atom is -0.482 e. The molecule has 0 aromatic heterocycles. The third-order valence-corrected chi connectivity index (χ3v) is 5.89. The molecule has 1 aliphatic heterocycles. The number of nitrogens with zero attached hydrogens (tertiary/aromatic N) is 1. The zero-order chi connectivity index (χ0) is 21.6. The number of rotatable bonds is 10. The molecule has 162 valence electrons. The molecule has 0 radical (unpaired) electrons. The molecule has 0 fully saturated rings. The SMILES string of the molecule is NS(=O)(=O)c1cccc(OC(C=O)CNCC(O)CN2CCc3ccccc3C2)c1. The number of β-amino-alcohol motifs (C(OH)–C–C–N with tert-alkyl or cyclic N) is 1. The number of aliphatic hydroxyl groups is 1. The lowest BCUT2D eigenvalue weighted by molar-refractivity contribution is -0.113. The van der Waals surface area contributed by atoms with Crippen molar-refractivity contribution < 1.29 is 23.1 Å². The van der Waals surface area contributed by atoms with E-state index in [1.54, 1.807) is 6.07 Å². The summed E-state index contributed by atoms with van der Waals surface area (Å²) in [5.74, 6) is 0.230. The molecule has 0 saturated heterocycles. The number of sulfonamides is 1. The third kappa shape index (κ3) is 6.35. The van der Waals surface area contributed by atoms with Crippen molar-refractivity contribution in [2.45, 2.75) is 30.1 Å². The van der Waals surface area contributed by atoms with Crippen molar-refractivity contribution in [1.82, 2.24) is 10.2 Å². The van der Waals surface area contributed by atoms with Crippen LogP contribution in [0.1, 0.15) is 11.1 Å². The van der Waals surface area contributed by atoms with Crippen LogP contribution in [-0.2, 0) is 27.8 Å². The number of ether oxygens (including phenoxy) is 1. The minimum absolute atomic E-state index is 0.0869. The molecule has 1 aliphatic rings. The van der Waals surface area contributed by atoms with Gasteiger partial charge in [0, 0.05) is 38.8 Å². The fraction of sp³-hybridized carbons (Fsp3) is 0.381. The highest BCUT2D eigenvalue weighted by Crippen LogP contribution is 2.19. The quantitative estimate of drug-likeness (QED) is 0.460. The van der Waals surface area contributed by atoms with Crippen LogP contribution in [0.3, 0.4) is 0 Å². The average molecular weight is 434 g/mol. The van der Waals surface area contributed by atoms with Crippen LogP contribution in [0, 0.1) is 0 Å². The standard InChI is InChI=1S/C21H27N3O5S/c22-30(27,28)21-7-3-6-19(10-21)29-20(15-25)12-23-11-18(26)14-24-9-8-16-4-1-2-5-17(16)13-24/h1-7,10,15,18,20,23,26H,8-9,11-14H2,(H2,22,27,28). The lowest BCUT2D eigenvalue weighted by Gasteiger charge is -2.30. The number of carbonyl (C=O) groups excluding carboxylic acids is 1. The number of hydrogen-bond donors (Lipinski definition) is 3. The van der Waals surface area contributed by atoms with Crippen LogP contribution in [-0.4, -0.2) is 63.1 Å². The molecule has 0 bridgehead atoms. The summed E-state index contributed by atoms with van der Waals surface area (Å²) in [4.78, 5) is 13.4. The second kappa shape index (κ2) is 10.1. The van der Waals surface area contributed by atoms with Crippen LogP contribution in [0.15, 0.2) is 53.4 Å². The zero-order valence-electron chi connectivity index (χ0n) is 16.6. The summed E-state index contributed by atoms with van der Waals surface area (Å²) in [5, 5.41) is 18.5. The summed E-state index contributed by atoms with van der Waals surface area (Å²) in [6, 6.07) is 14.0. The number of benzene rings is 2. The average Bonchev–Trinajstić information content (AvgIpc) is 2.72. The highest BCUT2D eigenvalue weighted by Gasteiger charge is 2.19. The number of aliphatic hydroxyl groups excluding tert-OH is 1. The van der Waals surface area contributed by atoms with Crippen molar-refractivity contribution in [3.63, 3.8) is 0 Å². The summed E-state index contributed by atoms with van der Waals surface area (Å²) in [7, 11) is -3.85. The molecular formula is C21H27N3O5S. The minimum atomic E-state index is -3.85. The zero-order valence-corrected chi connectivity index (χ0v) is 17.4. The van der Waals surface area contributed by atoms with E-state index in [0.29, 0.717) is 19.4 Å². The molecule has 9 heteroatoms. The monoisotopic (exact) mass is 433 g/mol. The first-order valence-corrected chi connectivity index (χ1v) is 11.3. The highest BCUT2D eigenvalue weighted by atomic mass is 32.2. The van der Waals surface area contributed by atoms with Crippen molar-refractivity contribution in [1.29, 1.82) is 0 Å². The molecule has 2 unspecified atom stereocenters. The van der Waals surface area contributed by atoms with E-state index in [9.17, 15) is 18.3 Å². The molecule has 0 aliphatic carbocycles. The number of nitrogens with two attached hydrogens (primary N) is 1.